The molecule has 0 fully saturated rings. The molecule has 0 amide bonds. The van der Waals surface area contributed by atoms with Gasteiger partial charge >= 0.3 is 0 Å². The standard InChI is InChI=1S/C36H30BrN3O2S2/c1-22-8-11-27(12-9-22)44(41,42)40-21-24(19-26-18-23-17-25(37)10-15-34(23)43-26)35-33(40)14-13-30-28(6-4-16-38-36(30)35)31-20-39-32-7-3-2-5-29(31)32/h2-3,5,7-15,17-18,20-21,28,38-39H,4,6,16,19H2,1H3. The van der Waals surface area contributed by atoms with Crippen LogP contribution in [0.25, 0.3) is 31.9 Å². The van der Waals surface area contributed by atoms with Crippen LogP contribution in [-0.4, -0.2) is 23.9 Å². The van der Waals surface area contributed by atoms with Crippen molar-refractivity contribution < 1.29 is 8.42 Å². The normalized spacial score (nSPS) is 15.5. The lowest BCUT2D eigenvalue weighted by atomic mass is 9.86. The van der Waals surface area contributed by atoms with Crippen LogP contribution >= 0.6 is 27.3 Å². The van der Waals surface area contributed by atoms with E-state index in [1.54, 1.807) is 23.5 Å². The van der Waals surface area contributed by atoms with E-state index in [1.165, 1.54) is 35.4 Å². The number of hydrogen-bond acceptors (Lipinski definition) is 4. The monoisotopic (exact) mass is 679 g/mol. The maximum atomic E-state index is 14.2. The van der Waals surface area contributed by atoms with Crippen LogP contribution in [0, 0.1) is 6.92 Å². The quantitative estimate of drug-likeness (QED) is 0.190. The van der Waals surface area contributed by atoms with Gasteiger partial charge in [-0.25, -0.2) is 12.4 Å². The van der Waals surface area contributed by atoms with Crippen molar-refractivity contribution in [2.24, 2.45) is 0 Å². The number of para-hydroxylation sites is 1. The molecule has 4 aromatic carbocycles. The van der Waals surface area contributed by atoms with Crippen LogP contribution in [0.1, 0.15) is 45.9 Å². The van der Waals surface area contributed by atoms with Gasteiger partial charge in [0.15, 0.2) is 0 Å². The summed E-state index contributed by atoms with van der Waals surface area (Å²) in [5, 5.41) is 7.17. The van der Waals surface area contributed by atoms with Crippen molar-refractivity contribution in [3.05, 3.63) is 129 Å². The molecule has 0 radical (unpaired) electrons. The Morgan fingerprint density at radius 3 is 2.68 bits per heavy atom. The molecule has 8 heteroatoms. The number of halogens is 1. The average Bonchev–Trinajstić information content (AvgIpc) is 3.69. The second-order valence-electron chi connectivity index (χ2n) is 11.7. The zero-order valence-electron chi connectivity index (χ0n) is 24.1. The van der Waals surface area contributed by atoms with Gasteiger partial charge in [-0.3, -0.25) is 0 Å². The molecular weight excluding hydrogens is 650 g/mol. The van der Waals surface area contributed by atoms with Crippen molar-refractivity contribution in [2.45, 2.75) is 37.0 Å². The molecule has 44 heavy (non-hydrogen) atoms. The van der Waals surface area contributed by atoms with Gasteiger partial charge in [0.2, 0.25) is 0 Å². The van der Waals surface area contributed by atoms with Crippen LogP contribution in [0.4, 0.5) is 5.69 Å². The Kier molecular flexibility index (Phi) is 6.70. The molecule has 1 atom stereocenters. The third kappa shape index (κ3) is 4.59. The first-order valence-corrected chi connectivity index (χ1v) is 17.9. The number of H-pyrrole nitrogens is 1. The van der Waals surface area contributed by atoms with Crippen molar-refractivity contribution in [2.75, 3.05) is 11.9 Å². The van der Waals surface area contributed by atoms with Crippen LogP contribution < -0.4 is 5.32 Å². The minimum absolute atomic E-state index is 0.187. The van der Waals surface area contributed by atoms with Crippen LogP contribution in [0.15, 0.2) is 107 Å². The number of fused-ring (bicyclic) bond motifs is 5. The molecule has 2 N–H and O–H groups in total. The number of aromatic amines is 1. The highest BCUT2D eigenvalue weighted by Gasteiger charge is 2.29. The Morgan fingerprint density at radius 1 is 0.977 bits per heavy atom. The predicted molar refractivity (Wildman–Crippen MR) is 186 cm³/mol. The fraction of sp³-hybridized carbons (Fsp3) is 0.167. The number of thiophene rings is 1. The summed E-state index contributed by atoms with van der Waals surface area (Å²) < 4.78 is 32.1. The molecule has 5 nitrogen and oxygen atoms in total. The van der Waals surface area contributed by atoms with Gasteiger partial charge in [0.1, 0.15) is 0 Å². The molecule has 1 aliphatic rings. The van der Waals surface area contributed by atoms with Crippen molar-refractivity contribution >= 4 is 74.9 Å². The van der Waals surface area contributed by atoms with Gasteiger partial charge in [0.05, 0.1) is 10.4 Å². The highest BCUT2D eigenvalue weighted by Crippen LogP contribution is 2.45. The number of benzene rings is 4. The predicted octanol–water partition coefficient (Wildman–Crippen LogP) is 9.57. The third-order valence-corrected chi connectivity index (χ3v) is 12.2. The van der Waals surface area contributed by atoms with Crippen LogP contribution in [-0.2, 0) is 16.4 Å². The molecule has 0 spiro atoms. The molecule has 4 heterocycles. The molecule has 7 aromatic rings. The van der Waals surface area contributed by atoms with E-state index in [-0.39, 0.29) is 10.8 Å². The Bertz CT molecular complexity index is 2310. The molecule has 220 valence electrons. The van der Waals surface area contributed by atoms with E-state index in [9.17, 15) is 8.42 Å². The van der Waals surface area contributed by atoms with Crippen molar-refractivity contribution in [3.8, 4) is 0 Å². The molecule has 1 aliphatic heterocycles. The number of rotatable bonds is 5. The second kappa shape index (κ2) is 10.6. The molecule has 8 rings (SSSR count). The average molecular weight is 681 g/mol. The van der Waals surface area contributed by atoms with Crippen molar-refractivity contribution in [1.29, 1.82) is 0 Å². The third-order valence-electron chi connectivity index (χ3n) is 8.86. The first kappa shape index (κ1) is 27.7. The Labute approximate surface area is 268 Å². The Balaban J connectivity index is 1.35. The van der Waals surface area contributed by atoms with E-state index >= 15 is 0 Å². The Hall–Kier alpha value is -3.85. The zero-order chi connectivity index (χ0) is 30.0. The highest BCUT2D eigenvalue weighted by atomic mass is 79.9. The number of aryl methyl sites for hydroxylation is 1. The van der Waals surface area contributed by atoms with E-state index in [2.05, 4.69) is 87.0 Å². The summed E-state index contributed by atoms with van der Waals surface area (Å²) in [5.74, 6) is 0.187. The van der Waals surface area contributed by atoms with Crippen molar-refractivity contribution in [3.63, 3.8) is 0 Å². The Morgan fingerprint density at radius 2 is 1.82 bits per heavy atom. The molecule has 0 aliphatic carbocycles. The minimum Gasteiger partial charge on any atom is -0.384 e. The highest BCUT2D eigenvalue weighted by molar-refractivity contribution is 9.10. The maximum absolute atomic E-state index is 14.2. The second-order valence-corrected chi connectivity index (χ2v) is 15.6. The van der Waals surface area contributed by atoms with Crippen LogP contribution in [0.3, 0.4) is 0 Å². The minimum atomic E-state index is -3.82. The molecule has 1 unspecified atom stereocenters. The van der Waals surface area contributed by atoms with E-state index < -0.39 is 10.0 Å². The number of aromatic nitrogens is 2. The molecular formula is C36H30BrN3O2S2. The lowest BCUT2D eigenvalue weighted by molar-refractivity contribution is 0.589. The lowest BCUT2D eigenvalue weighted by Gasteiger charge is -2.19. The van der Waals surface area contributed by atoms with Crippen molar-refractivity contribution in [1.82, 2.24) is 8.96 Å². The van der Waals surface area contributed by atoms with Gasteiger partial charge < -0.3 is 10.3 Å². The van der Waals surface area contributed by atoms with E-state index in [0.717, 1.165) is 51.6 Å². The first-order chi connectivity index (χ1) is 21.4. The summed E-state index contributed by atoms with van der Waals surface area (Å²) in [6.45, 7) is 2.80. The fourth-order valence-corrected chi connectivity index (χ4v) is 9.58. The number of hydrogen-bond donors (Lipinski definition) is 2. The van der Waals surface area contributed by atoms with Gasteiger partial charge in [-0.05, 0) is 90.4 Å². The summed E-state index contributed by atoms with van der Waals surface area (Å²) in [7, 11) is -3.82. The largest absolute Gasteiger partial charge is 0.384 e. The summed E-state index contributed by atoms with van der Waals surface area (Å²) in [5.41, 5.74) is 7.42. The molecule has 0 saturated carbocycles. The number of nitrogens with one attached hydrogen (secondary N) is 2. The van der Waals surface area contributed by atoms with Gasteiger partial charge in [-0.2, -0.15) is 0 Å². The summed E-state index contributed by atoms with van der Waals surface area (Å²) in [6, 6.07) is 28.3. The van der Waals surface area contributed by atoms with Crippen LogP contribution in [0.5, 0.6) is 0 Å². The van der Waals surface area contributed by atoms with E-state index in [0.29, 0.717) is 11.9 Å². The fourth-order valence-electron chi connectivity index (χ4n) is 6.75. The van der Waals surface area contributed by atoms with Crippen LogP contribution in [0.2, 0.25) is 0 Å². The van der Waals surface area contributed by atoms with E-state index in [4.69, 9.17) is 0 Å². The zero-order valence-corrected chi connectivity index (χ0v) is 27.3. The number of nitrogens with zero attached hydrogens (tertiary/aromatic N) is 1. The van der Waals surface area contributed by atoms with Gasteiger partial charge in [-0.15, -0.1) is 11.3 Å². The van der Waals surface area contributed by atoms with Gasteiger partial charge in [0.25, 0.3) is 10.0 Å². The summed E-state index contributed by atoms with van der Waals surface area (Å²) in [6.07, 6.45) is 6.67. The number of anilines is 1. The lowest BCUT2D eigenvalue weighted by Crippen LogP contribution is -2.12. The van der Waals surface area contributed by atoms with E-state index in [1.807, 2.05) is 31.3 Å². The SMILES string of the molecule is Cc1ccc(S(=O)(=O)n2cc(Cc3cc4cc(Br)ccc4s3)c3c4c(ccc32)C(c2c[nH]c3ccccc23)CCCN4)cc1. The molecule has 3 aromatic heterocycles. The first-order valence-electron chi connectivity index (χ1n) is 14.8. The van der Waals surface area contributed by atoms with Gasteiger partial charge in [0, 0.05) is 67.3 Å². The molecule has 0 bridgehead atoms. The molecule has 0 saturated heterocycles. The maximum Gasteiger partial charge on any atom is 0.268 e. The summed E-state index contributed by atoms with van der Waals surface area (Å²) in [4.78, 5) is 4.96. The summed E-state index contributed by atoms with van der Waals surface area (Å²) >= 11 is 5.36. The smallest absolute Gasteiger partial charge is 0.268 e. The topological polar surface area (TPSA) is 66.9 Å². The van der Waals surface area contributed by atoms with Gasteiger partial charge in [-0.1, -0.05) is 57.9 Å².